The van der Waals surface area contributed by atoms with Gasteiger partial charge in [0.1, 0.15) is 5.52 Å². The standard InChI is InChI=1S/C31H32N4O/c1-20(24-10-6-8-23-16-33-34-30(23)24)14-15-21(2)27-18-35(28-12-5-4-9-26(27)28)17-22(3)25-11-7-13-29-31(25)32-19-36-29/h4-13,16,18-22H,14-15,17H2,1-3H3,(H,33,34). The minimum atomic E-state index is 0.313. The molecule has 0 fully saturated rings. The molecule has 0 aliphatic carbocycles. The van der Waals surface area contributed by atoms with E-state index in [1.807, 2.05) is 12.3 Å². The van der Waals surface area contributed by atoms with Gasteiger partial charge in [-0.2, -0.15) is 5.10 Å². The fraction of sp³-hybridized carbons (Fsp3) is 0.290. The zero-order valence-electron chi connectivity index (χ0n) is 21.1. The summed E-state index contributed by atoms with van der Waals surface area (Å²) in [6.07, 6.45) is 8.10. The number of aromatic amines is 1. The van der Waals surface area contributed by atoms with Crippen molar-refractivity contribution < 1.29 is 4.42 Å². The zero-order valence-corrected chi connectivity index (χ0v) is 21.1. The van der Waals surface area contributed by atoms with Crippen LogP contribution in [-0.4, -0.2) is 19.7 Å². The van der Waals surface area contributed by atoms with Crippen molar-refractivity contribution in [2.45, 2.75) is 57.9 Å². The first-order chi connectivity index (χ1) is 17.6. The van der Waals surface area contributed by atoms with Gasteiger partial charge in [0.2, 0.25) is 0 Å². The van der Waals surface area contributed by atoms with E-state index in [-0.39, 0.29) is 0 Å². The van der Waals surface area contributed by atoms with Crippen molar-refractivity contribution in [3.05, 3.63) is 96.1 Å². The maximum Gasteiger partial charge on any atom is 0.181 e. The van der Waals surface area contributed by atoms with Crippen molar-refractivity contribution in [3.63, 3.8) is 0 Å². The third-order valence-corrected chi connectivity index (χ3v) is 7.82. The van der Waals surface area contributed by atoms with Gasteiger partial charge in [-0.1, -0.05) is 69.3 Å². The van der Waals surface area contributed by atoms with Gasteiger partial charge >= 0.3 is 0 Å². The molecule has 0 aliphatic rings. The maximum atomic E-state index is 5.54. The van der Waals surface area contributed by atoms with E-state index in [2.05, 4.69) is 101 Å². The summed E-state index contributed by atoms with van der Waals surface area (Å²) >= 11 is 0. The molecule has 6 rings (SSSR count). The minimum Gasteiger partial charge on any atom is -0.443 e. The van der Waals surface area contributed by atoms with E-state index in [0.717, 1.165) is 30.5 Å². The topological polar surface area (TPSA) is 59.6 Å². The first-order valence-corrected chi connectivity index (χ1v) is 12.9. The molecule has 0 aliphatic heterocycles. The molecule has 3 atom stereocenters. The molecule has 0 bridgehead atoms. The highest BCUT2D eigenvalue weighted by molar-refractivity contribution is 5.85. The highest BCUT2D eigenvalue weighted by Gasteiger charge is 2.19. The van der Waals surface area contributed by atoms with Crippen molar-refractivity contribution in [2.75, 3.05) is 0 Å². The predicted molar refractivity (Wildman–Crippen MR) is 147 cm³/mol. The number of hydrogen-bond donors (Lipinski definition) is 1. The Hall–Kier alpha value is -3.86. The Labute approximate surface area is 211 Å². The Morgan fingerprint density at radius 2 is 1.61 bits per heavy atom. The smallest absolute Gasteiger partial charge is 0.181 e. The fourth-order valence-corrected chi connectivity index (χ4v) is 5.73. The van der Waals surface area contributed by atoms with Crippen LogP contribution >= 0.6 is 0 Å². The highest BCUT2D eigenvalue weighted by atomic mass is 16.3. The van der Waals surface area contributed by atoms with E-state index in [1.54, 1.807) is 6.39 Å². The molecule has 182 valence electrons. The molecular formula is C31H32N4O. The fourth-order valence-electron chi connectivity index (χ4n) is 5.73. The molecule has 1 N–H and O–H groups in total. The molecule has 0 saturated carbocycles. The van der Waals surface area contributed by atoms with E-state index in [4.69, 9.17) is 4.42 Å². The number of H-pyrrole nitrogens is 1. The molecule has 0 saturated heterocycles. The molecule has 3 unspecified atom stereocenters. The van der Waals surface area contributed by atoms with Crippen LogP contribution < -0.4 is 0 Å². The first-order valence-electron chi connectivity index (χ1n) is 12.9. The minimum absolute atomic E-state index is 0.313. The van der Waals surface area contributed by atoms with E-state index < -0.39 is 0 Å². The lowest BCUT2D eigenvalue weighted by molar-refractivity contribution is 0.572. The number of fused-ring (bicyclic) bond motifs is 3. The summed E-state index contributed by atoms with van der Waals surface area (Å²) in [5, 5.41) is 9.99. The Balaban J connectivity index is 1.24. The molecule has 36 heavy (non-hydrogen) atoms. The van der Waals surface area contributed by atoms with Gasteiger partial charge in [-0.25, -0.2) is 4.98 Å². The molecule has 3 aromatic carbocycles. The summed E-state index contributed by atoms with van der Waals surface area (Å²) in [6.45, 7) is 7.88. The SMILES string of the molecule is CC(CCC(C)c1cccc2cn[nH]c12)c1cn(CC(C)c2cccc3ocnc23)c2ccccc12. The monoisotopic (exact) mass is 476 g/mol. The van der Waals surface area contributed by atoms with Crippen LogP contribution in [0.15, 0.2) is 83.9 Å². The lowest BCUT2D eigenvalue weighted by Gasteiger charge is -2.17. The molecule has 5 nitrogen and oxygen atoms in total. The van der Waals surface area contributed by atoms with Crippen LogP contribution in [0.1, 0.15) is 68.1 Å². The second-order valence-corrected chi connectivity index (χ2v) is 10.3. The molecule has 0 amide bonds. The van der Waals surface area contributed by atoms with Crippen molar-refractivity contribution in [3.8, 4) is 0 Å². The van der Waals surface area contributed by atoms with Gasteiger partial charge in [0.25, 0.3) is 0 Å². The number of nitrogens with one attached hydrogen (secondary N) is 1. The van der Waals surface area contributed by atoms with E-state index in [9.17, 15) is 0 Å². The van der Waals surface area contributed by atoms with Gasteiger partial charge in [0, 0.05) is 34.9 Å². The van der Waals surface area contributed by atoms with Crippen molar-refractivity contribution >= 4 is 32.9 Å². The van der Waals surface area contributed by atoms with Crippen LogP contribution in [0.5, 0.6) is 0 Å². The second-order valence-electron chi connectivity index (χ2n) is 10.3. The van der Waals surface area contributed by atoms with Gasteiger partial charge < -0.3 is 8.98 Å². The molecule has 3 heterocycles. The summed E-state index contributed by atoms with van der Waals surface area (Å²) in [5.41, 5.74) is 8.32. The van der Waals surface area contributed by atoms with E-state index >= 15 is 0 Å². The van der Waals surface area contributed by atoms with Crippen LogP contribution in [0.3, 0.4) is 0 Å². The summed E-state index contributed by atoms with van der Waals surface area (Å²) in [5.74, 6) is 1.24. The number of hydrogen-bond acceptors (Lipinski definition) is 3. The predicted octanol–water partition coefficient (Wildman–Crippen LogP) is 8.15. The number of rotatable bonds is 8. The van der Waals surface area contributed by atoms with Gasteiger partial charge in [-0.3, -0.25) is 5.10 Å². The summed E-state index contributed by atoms with van der Waals surface area (Å²) in [6, 6.07) is 21.5. The van der Waals surface area contributed by atoms with Crippen LogP contribution in [0.2, 0.25) is 0 Å². The summed E-state index contributed by atoms with van der Waals surface area (Å²) in [7, 11) is 0. The molecule has 6 aromatic rings. The lowest BCUT2D eigenvalue weighted by Crippen LogP contribution is -2.06. The first kappa shape index (κ1) is 22.6. The van der Waals surface area contributed by atoms with E-state index in [1.165, 1.54) is 38.5 Å². The van der Waals surface area contributed by atoms with Gasteiger partial charge in [-0.05, 0) is 53.5 Å². The third kappa shape index (κ3) is 3.98. The van der Waals surface area contributed by atoms with Gasteiger partial charge in [0.15, 0.2) is 12.0 Å². The van der Waals surface area contributed by atoms with Gasteiger partial charge in [0.05, 0.1) is 11.7 Å². The van der Waals surface area contributed by atoms with E-state index in [0.29, 0.717) is 17.8 Å². The van der Waals surface area contributed by atoms with Crippen LogP contribution in [0.4, 0.5) is 0 Å². The quantitative estimate of drug-likeness (QED) is 0.241. The Bertz CT molecular complexity index is 1640. The van der Waals surface area contributed by atoms with Crippen molar-refractivity contribution in [1.82, 2.24) is 19.7 Å². The van der Waals surface area contributed by atoms with Crippen LogP contribution in [0, 0.1) is 0 Å². The summed E-state index contributed by atoms with van der Waals surface area (Å²) in [4.78, 5) is 4.48. The highest BCUT2D eigenvalue weighted by Crippen LogP contribution is 2.35. The van der Waals surface area contributed by atoms with Crippen molar-refractivity contribution in [2.24, 2.45) is 0 Å². The Morgan fingerprint density at radius 1 is 0.833 bits per heavy atom. The lowest BCUT2D eigenvalue weighted by atomic mass is 9.88. The largest absolute Gasteiger partial charge is 0.443 e. The molecule has 0 spiro atoms. The van der Waals surface area contributed by atoms with Crippen molar-refractivity contribution in [1.29, 1.82) is 0 Å². The zero-order chi connectivity index (χ0) is 24.6. The number of aromatic nitrogens is 4. The second kappa shape index (κ2) is 9.30. The van der Waals surface area contributed by atoms with Gasteiger partial charge in [-0.15, -0.1) is 0 Å². The average Bonchev–Trinajstić information content (AvgIpc) is 3.65. The Morgan fingerprint density at radius 3 is 2.50 bits per heavy atom. The molecule has 5 heteroatoms. The number of para-hydroxylation sites is 3. The number of benzene rings is 3. The van der Waals surface area contributed by atoms with Crippen LogP contribution in [-0.2, 0) is 6.54 Å². The normalized spacial score (nSPS) is 14.5. The molecule has 0 radical (unpaired) electrons. The third-order valence-electron chi connectivity index (χ3n) is 7.82. The molecule has 3 aromatic heterocycles. The number of oxazole rings is 1. The average molecular weight is 477 g/mol. The molecular weight excluding hydrogens is 444 g/mol. The Kier molecular flexibility index (Phi) is 5.84. The number of nitrogens with zero attached hydrogens (tertiary/aromatic N) is 3. The maximum absolute atomic E-state index is 5.54. The summed E-state index contributed by atoms with van der Waals surface area (Å²) < 4.78 is 7.97. The van der Waals surface area contributed by atoms with Crippen LogP contribution in [0.25, 0.3) is 32.9 Å².